The van der Waals surface area contributed by atoms with Crippen molar-refractivity contribution in [2.75, 3.05) is 6.54 Å². The molecule has 1 fully saturated rings. The van der Waals surface area contributed by atoms with Crippen LogP contribution in [0.4, 0.5) is 0 Å². The first-order valence-electron chi connectivity index (χ1n) is 6.98. The molecule has 4 heteroatoms. The van der Waals surface area contributed by atoms with Crippen LogP contribution in [-0.2, 0) is 17.8 Å². The number of aromatic hydroxyl groups is 1. The highest BCUT2D eigenvalue weighted by molar-refractivity contribution is 5.79. The van der Waals surface area contributed by atoms with Crippen LogP contribution in [0.5, 0.6) is 5.75 Å². The van der Waals surface area contributed by atoms with Crippen molar-refractivity contribution in [1.29, 1.82) is 0 Å². The van der Waals surface area contributed by atoms with E-state index in [1.807, 2.05) is 11.0 Å². The van der Waals surface area contributed by atoms with Crippen molar-refractivity contribution in [2.45, 2.75) is 38.3 Å². The van der Waals surface area contributed by atoms with Gasteiger partial charge in [-0.15, -0.1) is 0 Å². The van der Waals surface area contributed by atoms with Gasteiger partial charge in [0.05, 0.1) is 0 Å². The Kier molecular flexibility index (Phi) is 3.19. The summed E-state index contributed by atoms with van der Waals surface area (Å²) in [7, 11) is 0. The summed E-state index contributed by atoms with van der Waals surface area (Å²) in [4.78, 5) is 14.4. The fraction of sp³-hybridized carbons (Fsp3) is 0.533. The Morgan fingerprint density at radius 1 is 1.32 bits per heavy atom. The maximum Gasteiger partial charge on any atom is 0.226 e. The molecule has 3 rings (SSSR count). The number of amides is 1. The predicted octanol–water partition coefficient (Wildman–Crippen LogP) is 1.40. The van der Waals surface area contributed by atoms with Crippen molar-refractivity contribution in [3.63, 3.8) is 0 Å². The molecule has 2 atom stereocenters. The lowest BCUT2D eigenvalue weighted by atomic mass is 9.97. The number of nitrogens with two attached hydrogens (primary N) is 1. The van der Waals surface area contributed by atoms with Gasteiger partial charge in [0, 0.05) is 25.0 Å². The van der Waals surface area contributed by atoms with Crippen LogP contribution in [-0.4, -0.2) is 28.5 Å². The van der Waals surface area contributed by atoms with Gasteiger partial charge in [-0.25, -0.2) is 0 Å². The average molecular weight is 260 g/mol. The SMILES string of the molecule is NC1CCC(C(=O)N2CCc3ccc(O)cc3C2)C1. The molecule has 102 valence electrons. The highest BCUT2D eigenvalue weighted by Crippen LogP contribution is 2.29. The van der Waals surface area contributed by atoms with Crippen LogP contribution in [0.25, 0.3) is 0 Å². The number of carbonyl (C=O) groups excluding carboxylic acids is 1. The monoisotopic (exact) mass is 260 g/mol. The molecule has 1 amide bonds. The van der Waals surface area contributed by atoms with Crippen LogP contribution in [0, 0.1) is 5.92 Å². The zero-order valence-corrected chi connectivity index (χ0v) is 11.0. The van der Waals surface area contributed by atoms with Gasteiger partial charge in [-0.3, -0.25) is 4.79 Å². The third kappa shape index (κ3) is 2.45. The molecule has 0 bridgehead atoms. The number of nitrogens with zero attached hydrogens (tertiary/aromatic N) is 1. The van der Waals surface area contributed by atoms with E-state index < -0.39 is 0 Å². The second-order valence-corrected chi connectivity index (χ2v) is 5.73. The van der Waals surface area contributed by atoms with E-state index in [0.29, 0.717) is 6.54 Å². The molecule has 4 nitrogen and oxygen atoms in total. The number of benzene rings is 1. The van der Waals surface area contributed by atoms with Gasteiger partial charge in [0.2, 0.25) is 5.91 Å². The Morgan fingerprint density at radius 2 is 2.16 bits per heavy atom. The Balaban J connectivity index is 1.73. The highest BCUT2D eigenvalue weighted by atomic mass is 16.3. The molecule has 2 aliphatic rings. The van der Waals surface area contributed by atoms with E-state index in [1.165, 1.54) is 5.56 Å². The maximum atomic E-state index is 12.4. The molecule has 1 aromatic carbocycles. The van der Waals surface area contributed by atoms with Gasteiger partial charge in [-0.1, -0.05) is 6.07 Å². The largest absolute Gasteiger partial charge is 0.508 e. The maximum absolute atomic E-state index is 12.4. The van der Waals surface area contributed by atoms with Crippen LogP contribution in [0.1, 0.15) is 30.4 Å². The van der Waals surface area contributed by atoms with Crippen LogP contribution in [0.15, 0.2) is 18.2 Å². The minimum Gasteiger partial charge on any atom is -0.508 e. The lowest BCUT2D eigenvalue weighted by Gasteiger charge is -2.31. The van der Waals surface area contributed by atoms with Crippen LogP contribution < -0.4 is 5.73 Å². The number of phenols is 1. The molecule has 0 spiro atoms. The zero-order valence-electron chi connectivity index (χ0n) is 11.0. The minimum atomic E-state index is 0.105. The summed E-state index contributed by atoms with van der Waals surface area (Å²) in [6.07, 6.45) is 3.58. The summed E-state index contributed by atoms with van der Waals surface area (Å²) in [5.41, 5.74) is 8.20. The van der Waals surface area contributed by atoms with Crippen LogP contribution in [0.2, 0.25) is 0 Å². The molecule has 1 saturated carbocycles. The van der Waals surface area contributed by atoms with Crippen molar-refractivity contribution in [3.05, 3.63) is 29.3 Å². The first kappa shape index (κ1) is 12.5. The second kappa shape index (κ2) is 4.85. The summed E-state index contributed by atoms with van der Waals surface area (Å²) in [5.74, 6) is 0.617. The van der Waals surface area contributed by atoms with Crippen molar-refractivity contribution < 1.29 is 9.90 Å². The van der Waals surface area contributed by atoms with Crippen molar-refractivity contribution >= 4 is 5.91 Å². The number of phenolic OH excluding ortho intramolecular Hbond substituents is 1. The molecule has 0 radical (unpaired) electrons. The van der Waals surface area contributed by atoms with Crippen LogP contribution >= 0.6 is 0 Å². The Morgan fingerprint density at radius 3 is 2.89 bits per heavy atom. The number of rotatable bonds is 1. The van der Waals surface area contributed by atoms with Gasteiger partial charge < -0.3 is 15.7 Å². The summed E-state index contributed by atoms with van der Waals surface area (Å²) < 4.78 is 0. The normalized spacial score (nSPS) is 26.3. The van der Waals surface area contributed by atoms with Gasteiger partial charge in [0.1, 0.15) is 5.75 Å². The lowest BCUT2D eigenvalue weighted by Crippen LogP contribution is -2.39. The molecule has 1 aliphatic heterocycles. The van der Waals surface area contributed by atoms with E-state index >= 15 is 0 Å². The van der Waals surface area contributed by atoms with Crippen molar-refractivity contribution in [2.24, 2.45) is 11.7 Å². The molecule has 0 saturated heterocycles. The van der Waals surface area contributed by atoms with Gasteiger partial charge in [0.25, 0.3) is 0 Å². The van der Waals surface area contributed by atoms with Crippen molar-refractivity contribution in [1.82, 2.24) is 4.90 Å². The van der Waals surface area contributed by atoms with E-state index in [4.69, 9.17) is 5.73 Å². The fourth-order valence-electron chi connectivity index (χ4n) is 3.23. The molecule has 0 aromatic heterocycles. The molecular weight excluding hydrogens is 240 g/mol. The second-order valence-electron chi connectivity index (χ2n) is 5.73. The molecule has 2 unspecified atom stereocenters. The molecular formula is C15H20N2O2. The first-order chi connectivity index (χ1) is 9.13. The zero-order chi connectivity index (χ0) is 13.4. The summed E-state index contributed by atoms with van der Waals surface area (Å²) in [5, 5.41) is 9.54. The van der Waals surface area contributed by atoms with E-state index in [0.717, 1.165) is 37.8 Å². The lowest BCUT2D eigenvalue weighted by molar-refractivity contribution is -0.136. The number of hydrogen-bond donors (Lipinski definition) is 2. The minimum absolute atomic E-state index is 0.105. The molecule has 1 aliphatic carbocycles. The van der Waals surface area contributed by atoms with Crippen molar-refractivity contribution in [3.8, 4) is 5.75 Å². The Labute approximate surface area is 113 Å². The van der Waals surface area contributed by atoms with E-state index in [2.05, 4.69) is 0 Å². The average Bonchev–Trinajstić information content (AvgIpc) is 2.83. The number of carbonyl (C=O) groups is 1. The van der Waals surface area contributed by atoms with Gasteiger partial charge in [0.15, 0.2) is 0 Å². The molecule has 1 heterocycles. The van der Waals surface area contributed by atoms with E-state index in [-0.39, 0.29) is 23.6 Å². The van der Waals surface area contributed by atoms with Gasteiger partial charge in [-0.05, 0) is 48.9 Å². The predicted molar refractivity (Wildman–Crippen MR) is 72.5 cm³/mol. The summed E-state index contributed by atoms with van der Waals surface area (Å²) in [6, 6.07) is 5.63. The van der Waals surface area contributed by atoms with Gasteiger partial charge in [-0.2, -0.15) is 0 Å². The standard InChI is InChI=1S/C15H20N2O2/c16-13-3-1-11(7-13)15(19)17-6-5-10-2-4-14(18)8-12(10)9-17/h2,4,8,11,13,18H,1,3,5-7,9,16H2. The fourth-order valence-corrected chi connectivity index (χ4v) is 3.23. The van der Waals surface area contributed by atoms with Crippen LogP contribution in [0.3, 0.4) is 0 Å². The number of fused-ring (bicyclic) bond motifs is 1. The summed E-state index contributed by atoms with van der Waals surface area (Å²) >= 11 is 0. The molecule has 1 aromatic rings. The first-order valence-corrected chi connectivity index (χ1v) is 6.98. The van der Waals surface area contributed by atoms with E-state index in [9.17, 15) is 9.90 Å². The Hall–Kier alpha value is -1.55. The quantitative estimate of drug-likeness (QED) is 0.802. The smallest absolute Gasteiger partial charge is 0.226 e. The van der Waals surface area contributed by atoms with Gasteiger partial charge >= 0.3 is 0 Å². The Bertz CT molecular complexity index is 501. The molecule has 19 heavy (non-hydrogen) atoms. The highest BCUT2D eigenvalue weighted by Gasteiger charge is 2.32. The third-order valence-corrected chi connectivity index (χ3v) is 4.34. The number of hydrogen-bond acceptors (Lipinski definition) is 3. The topological polar surface area (TPSA) is 66.6 Å². The van der Waals surface area contributed by atoms with E-state index in [1.54, 1.807) is 12.1 Å². The summed E-state index contributed by atoms with van der Waals surface area (Å²) in [6.45, 7) is 1.40. The third-order valence-electron chi connectivity index (χ3n) is 4.34. The molecule has 3 N–H and O–H groups in total.